The third-order valence-electron chi connectivity index (χ3n) is 7.36. The molecule has 12 heteroatoms. The molecular weight excluding hydrogens is 565 g/mol. The first-order chi connectivity index (χ1) is 19.7. The maximum atomic E-state index is 14.2. The van der Waals surface area contributed by atoms with Crippen LogP contribution < -0.4 is 9.64 Å². The van der Waals surface area contributed by atoms with Gasteiger partial charge in [-0.3, -0.25) is 9.69 Å². The number of fused-ring (bicyclic) bond motifs is 1. The van der Waals surface area contributed by atoms with Gasteiger partial charge in [0.15, 0.2) is 0 Å². The van der Waals surface area contributed by atoms with E-state index >= 15 is 0 Å². The molecule has 4 rings (SSSR count). The SMILES string of the molecule is COc1cc(F)ccc1C(CN1c2sc(C#N)c(C)c2C(=O)N(C(C)(C)C(=O)OC(C)(C)C)C1O)OC1CCOCC1. The van der Waals surface area contributed by atoms with Gasteiger partial charge < -0.3 is 29.0 Å². The second kappa shape index (κ2) is 12.2. The van der Waals surface area contributed by atoms with Crippen LogP contribution in [0.25, 0.3) is 0 Å². The molecule has 1 amide bonds. The number of benzene rings is 1. The molecule has 1 aromatic heterocycles. The van der Waals surface area contributed by atoms with Crippen molar-refractivity contribution in [1.29, 1.82) is 5.26 Å². The highest BCUT2D eigenvalue weighted by Crippen LogP contribution is 2.45. The number of thiophene rings is 1. The minimum atomic E-state index is -1.62. The van der Waals surface area contributed by atoms with Crippen molar-refractivity contribution in [2.24, 2.45) is 0 Å². The average Bonchev–Trinajstić information content (AvgIpc) is 3.26. The molecule has 1 aromatic carbocycles. The molecule has 2 aliphatic heterocycles. The summed E-state index contributed by atoms with van der Waals surface area (Å²) in [5, 5.41) is 22.0. The first kappa shape index (κ1) is 31.7. The van der Waals surface area contributed by atoms with Gasteiger partial charge in [0.2, 0.25) is 6.35 Å². The first-order valence-electron chi connectivity index (χ1n) is 13.8. The van der Waals surface area contributed by atoms with Crippen LogP contribution >= 0.6 is 11.3 Å². The van der Waals surface area contributed by atoms with Crippen LogP contribution in [0.1, 0.15) is 79.9 Å². The summed E-state index contributed by atoms with van der Waals surface area (Å²) in [5.74, 6) is -1.51. The van der Waals surface area contributed by atoms with Crippen molar-refractivity contribution >= 4 is 28.2 Å². The average molecular weight is 604 g/mol. The van der Waals surface area contributed by atoms with E-state index in [1.807, 2.05) is 0 Å². The van der Waals surface area contributed by atoms with E-state index in [9.17, 15) is 24.3 Å². The number of carbonyl (C=O) groups is 2. The molecule has 1 N–H and O–H groups in total. The van der Waals surface area contributed by atoms with Gasteiger partial charge in [-0.15, -0.1) is 11.3 Å². The van der Waals surface area contributed by atoms with Gasteiger partial charge in [0.1, 0.15) is 44.8 Å². The first-order valence-corrected chi connectivity index (χ1v) is 14.6. The predicted molar refractivity (Wildman–Crippen MR) is 154 cm³/mol. The summed E-state index contributed by atoms with van der Waals surface area (Å²) in [4.78, 5) is 30.3. The maximum Gasteiger partial charge on any atom is 0.332 e. The minimum Gasteiger partial charge on any atom is -0.496 e. The minimum absolute atomic E-state index is 0.00742. The highest BCUT2D eigenvalue weighted by atomic mass is 32.1. The van der Waals surface area contributed by atoms with E-state index in [1.165, 1.54) is 33.1 Å². The molecule has 0 radical (unpaired) electrons. The third-order valence-corrected chi connectivity index (χ3v) is 8.60. The maximum absolute atomic E-state index is 14.2. The van der Waals surface area contributed by atoms with Crippen LogP contribution in [0.3, 0.4) is 0 Å². The van der Waals surface area contributed by atoms with Gasteiger partial charge in [-0.2, -0.15) is 5.26 Å². The zero-order valence-electron chi connectivity index (χ0n) is 25.0. The Morgan fingerprint density at radius 3 is 2.52 bits per heavy atom. The molecule has 2 atom stereocenters. The summed E-state index contributed by atoms with van der Waals surface area (Å²) >= 11 is 1.08. The van der Waals surface area contributed by atoms with E-state index in [4.69, 9.17) is 18.9 Å². The number of carbonyl (C=O) groups excluding carboxylic acids is 2. The largest absolute Gasteiger partial charge is 0.496 e. The lowest BCUT2D eigenvalue weighted by atomic mass is 9.97. The van der Waals surface area contributed by atoms with Gasteiger partial charge in [0.05, 0.1) is 25.3 Å². The number of rotatable bonds is 8. The van der Waals surface area contributed by atoms with Crippen LogP contribution in [-0.2, 0) is 19.0 Å². The number of aliphatic hydroxyl groups is 1. The fourth-order valence-corrected chi connectivity index (χ4v) is 6.26. The van der Waals surface area contributed by atoms with E-state index < -0.39 is 41.3 Å². The molecule has 2 unspecified atom stereocenters. The molecule has 1 fully saturated rings. The topological polar surface area (TPSA) is 122 Å². The van der Waals surface area contributed by atoms with Crippen LogP contribution in [0, 0.1) is 24.1 Å². The summed E-state index contributed by atoms with van der Waals surface area (Å²) in [6.45, 7) is 10.9. The summed E-state index contributed by atoms with van der Waals surface area (Å²) < 4.78 is 37.3. The van der Waals surface area contributed by atoms with Crippen molar-refractivity contribution in [2.75, 3.05) is 31.8 Å². The van der Waals surface area contributed by atoms with E-state index in [1.54, 1.807) is 38.7 Å². The summed E-state index contributed by atoms with van der Waals surface area (Å²) in [5.41, 5.74) is -1.22. The standard InChI is InChI=1S/C30H38FN3O7S/c1-17-23(15-32)42-26-24(17)25(35)34(30(5,6)27(36)41-29(2,3)4)28(37)33(26)16-22(40-19-10-12-39-13-11-19)20-9-8-18(31)14-21(20)38-7/h8-9,14,19,22,28,37H,10-13,16H2,1-7H3. The van der Waals surface area contributed by atoms with Crippen molar-refractivity contribution in [3.05, 3.63) is 45.6 Å². The van der Waals surface area contributed by atoms with Gasteiger partial charge in [-0.1, -0.05) is 0 Å². The number of hydrogen-bond donors (Lipinski definition) is 1. The van der Waals surface area contributed by atoms with Crippen molar-refractivity contribution < 1.29 is 38.0 Å². The van der Waals surface area contributed by atoms with E-state index in [2.05, 4.69) is 6.07 Å². The fourth-order valence-electron chi connectivity index (χ4n) is 5.14. The number of aliphatic hydroxyl groups excluding tert-OH is 1. The predicted octanol–water partition coefficient (Wildman–Crippen LogP) is 4.67. The van der Waals surface area contributed by atoms with E-state index in [-0.39, 0.29) is 24.0 Å². The second-order valence-corrected chi connectivity index (χ2v) is 12.9. The highest BCUT2D eigenvalue weighted by molar-refractivity contribution is 7.17. The lowest BCUT2D eigenvalue weighted by Gasteiger charge is -2.48. The number of nitrogens with zero attached hydrogens (tertiary/aromatic N) is 3. The molecule has 3 heterocycles. The van der Waals surface area contributed by atoms with E-state index in [0.29, 0.717) is 47.1 Å². The third kappa shape index (κ3) is 6.24. The Hall–Kier alpha value is -3.24. The smallest absolute Gasteiger partial charge is 0.332 e. The number of ether oxygens (including phenoxy) is 4. The molecule has 0 aliphatic carbocycles. The second-order valence-electron chi connectivity index (χ2n) is 11.9. The monoisotopic (exact) mass is 603 g/mol. The molecule has 0 saturated carbocycles. The van der Waals surface area contributed by atoms with Crippen LogP contribution in [0.5, 0.6) is 5.75 Å². The zero-order valence-corrected chi connectivity index (χ0v) is 25.8. The van der Waals surface area contributed by atoms with Crippen molar-refractivity contribution in [3.63, 3.8) is 0 Å². The lowest BCUT2D eigenvalue weighted by Crippen LogP contribution is -2.66. The number of nitriles is 1. The van der Waals surface area contributed by atoms with Crippen LogP contribution in [0.2, 0.25) is 0 Å². The number of methoxy groups -OCH3 is 1. The lowest BCUT2D eigenvalue weighted by molar-refractivity contribution is -0.172. The highest BCUT2D eigenvalue weighted by Gasteiger charge is 2.51. The molecule has 228 valence electrons. The number of amides is 1. The van der Waals surface area contributed by atoms with Crippen molar-refractivity contribution in [3.8, 4) is 11.8 Å². The molecule has 0 spiro atoms. The van der Waals surface area contributed by atoms with Gasteiger partial charge >= 0.3 is 5.97 Å². The Morgan fingerprint density at radius 2 is 1.93 bits per heavy atom. The van der Waals surface area contributed by atoms with E-state index in [0.717, 1.165) is 16.2 Å². The summed E-state index contributed by atoms with van der Waals surface area (Å²) in [6, 6.07) is 6.27. The Kier molecular flexibility index (Phi) is 9.18. The Bertz CT molecular complexity index is 1370. The Labute approximate surface area is 249 Å². The quantitative estimate of drug-likeness (QED) is 0.429. The fraction of sp³-hybridized carbons (Fsp3) is 0.567. The van der Waals surface area contributed by atoms with Gasteiger partial charge in [0.25, 0.3) is 5.91 Å². The zero-order chi connectivity index (χ0) is 31.0. The van der Waals surface area contributed by atoms with Gasteiger partial charge in [0, 0.05) is 24.8 Å². The van der Waals surface area contributed by atoms with Gasteiger partial charge in [-0.05, 0) is 72.1 Å². The van der Waals surface area contributed by atoms with Crippen LogP contribution in [0.4, 0.5) is 9.39 Å². The molecule has 10 nitrogen and oxygen atoms in total. The normalized spacial score (nSPS) is 18.9. The van der Waals surface area contributed by atoms with Crippen molar-refractivity contribution in [1.82, 2.24) is 4.90 Å². The Balaban J connectivity index is 1.82. The van der Waals surface area contributed by atoms with Crippen LogP contribution in [0.15, 0.2) is 18.2 Å². The molecule has 1 saturated heterocycles. The molecule has 42 heavy (non-hydrogen) atoms. The molecule has 2 aromatic rings. The Morgan fingerprint density at radius 1 is 1.26 bits per heavy atom. The van der Waals surface area contributed by atoms with Crippen LogP contribution in [-0.4, -0.2) is 72.3 Å². The van der Waals surface area contributed by atoms with Gasteiger partial charge in [-0.25, -0.2) is 9.18 Å². The summed E-state index contributed by atoms with van der Waals surface area (Å²) in [7, 11) is 1.43. The molecule has 2 aliphatic rings. The molecule has 0 bridgehead atoms. The van der Waals surface area contributed by atoms with Crippen molar-refractivity contribution in [2.45, 2.75) is 84.1 Å². The summed E-state index contributed by atoms with van der Waals surface area (Å²) in [6.07, 6.45) is -1.28. The number of anilines is 1. The molecular formula is C30H38FN3O7S. The number of esters is 1. The number of halogens is 1. The number of hydrogen-bond acceptors (Lipinski definition) is 10.